The summed E-state index contributed by atoms with van der Waals surface area (Å²) in [5.41, 5.74) is 3.86. The third-order valence-corrected chi connectivity index (χ3v) is 7.66. The van der Waals surface area contributed by atoms with E-state index in [1.165, 1.54) is 16.4 Å². The summed E-state index contributed by atoms with van der Waals surface area (Å²) in [7, 11) is -3.65. The van der Waals surface area contributed by atoms with Crippen LogP contribution in [0.2, 0.25) is 0 Å². The first-order chi connectivity index (χ1) is 13.9. The van der Waals surface area contributed by atoms with Crippen LogP contribution in [0.4, 0.5) is 11.4 Å². The number of carbonyl (C=O) groups is 1. The molecule has 1 aliphatic heterocycles. The quantitative estimate of drug-likeness (QED) is 0.597. The highest BCUT2D eigenvalue weighted by Crippen LogP contribution is 2.32. The van der Waals surface area contributed by atoms with E-state index in [1.807, 2.05) is 37.3 Å². The van der Waals surface area contributed by atoms with Gasteiger partial charge in [-0.05, 0) is 66.9 Å². The van der Waals surface area contributed by atoms with Gasteiger partial charge in [0.15, 0.2) is 0 Å². The molecule has 0 fully saturated rings. The summed E-state index contributed by atoms with van der Waals surface area (Å²) in [6, 6.07) is 19.2. The molecule has 4 rings (SSSR count). The van der Waals surface area contributed by atoms with Crippen molar-refractivity contribution in [1.29, 1.82) is 0 Å². The van der Waals surface area contributed by atoms with E-state index in [0.29, 0.717) is 24.2 Å². The lowest BCUT2D eigenvalue weighted by atomic mass is 10.1. The van der Waals surface area contributed by atoms with Crippen molar-refractivity contribution in [3.63, 3.8) is 0 Å². The van der Waals surface area contributed by atoms with Crippen molar-refractivity contribution in [2.45, 2.75) is 18.2 Å². The van der Waals surface area contributed by atoms with E-state index in [-0.39, 0.29) is 10.8 Å². The molecule has 1 aliphatic rings. The van der Waals surface area contributed by atoms with Gasteiger partial charge in [0.25, 0.3) is 15.9 Å². The Morgan fingerprint density at radius 2 is 1.76 bits per heavy atom. The Hall–Kier alpha value is -2.64. The van der Waals surface area contributed by atoms with Crippen molar-refractivity contribution in [2.24, 2.45) is 0 Å². The fourth-order valence-electron chi connectivity index (χ4n) is 3.33. The zero-order valence-corrected chi connectivity index (χ0v) is 18.1. The first-order valence-electron chi connectivity index (χ1n) is 9.14. The van der Waals surface area contributed by atoms with Gasteiger partial charge < -0.3 is 5.32 Å². The Morgan fingerprint density at radius 3 is 2.48 bits per heavy atom. The van der Waals surface area contributed by atoms with Crippen LogP contribution in [0, 0.1) is 6.92 Å². The average Bonchev–Trinajstić information content (AvgIpc) is 3.15. The molecule has 3 aromatic rings. The zero-order valence-electron chi connectivity index (χ0n) is 15.7. The van der Waals surface area contributed by atoms with Crippen LogP contribution in [0.15, 0.2) is 76.1 Å². The van der Waals surface area contributed by atoms with E-state index >= 15 is 0 Å². The van der Waals surface area contributed by atoms with E-state index in [1.54, 1.807) is 24.3 Å². The predicted molar refractivity (Wildman–Crippen MR) is 118 cm³/mol. The molecule has 7 heteroatoms. The molecule has 0 bridgehead atoms. The van der Waals surface area contributed by atoms with Crippen LogP contribution >= 0.6 is 15.9 Å². The van der Waals surface area contributed by atoms with E-state index in [0.717, 1.165) is 21.3 Å². The molecular formula is C22H19BrN2O3S. The van der Waals surface area contributed by atoms with Gasteiger partial charge in [-0.2, -0.15) is 0 Å². The molecule has 148 valence electrons. The number of fused-ring (bicyclic) bond motifs is 1. The summed E-state index contributed by atoms with van der Waals surface area (Å²) in [5, 5.41) is 2.80. The van der Waals surface area contributed by atoms with Gasteiger partial charge in [0.05, 0.1) is 10.6 Å². The van der Waals surface area contributed by atoms with Crippen molar-refractivity contribution in [1.82, 2.24) is 0 Å². The third kappa shape index (κ3) is 3.80. The summed E-state index contributed by atoms with van der Waals surface area (Å²) < 4.78 is 28.4. The second-order valence-electron chi connectivity index (χ2n) is 6.90. The molecule has 1 N–H and O–H groups in total. The van der Waals surface area contributed by atoms with Gasteiger partial charge in [0, 0.05) is 22.3 Å². The Bertz CT molecular complexity index is 1190. The number of hydrogen-bond donors (Lipinski definition) is 1. The maximum Gasteiger partial charge on any atom is 0.264 e. The molecule has 0 aliphatic carbocycles. The van der Waals surface area contributed by atoms with Gasteiger partial charge >= 0.3 is 0 Å². The summed E-state index contributed by atoms with van der Waals surface area (Å²) in [6.45, 7) is 2.38. The molecule has 0 saturated heterocycles. The normalized spacial score (nSPS) is 13.2. The Kier molecular flexibility index (Phi) is 5.19. The molecular weight excluding hydrogens is 452 g/mol. The standard InChI is InChI=1S/C22H19BrN2O3S/c1-15-6-7-17(14-20(15)23)22(26)24-18-8-10-19(11-9-18)29(27,28)25-13-12-16-4-2-3-5-21(16)25/h2-11,14H,12-13H2,1H3,(H,24,26). The van der Waals surface area contributed by atoms with Crippen LogP contribution in [-0.4, -0.2) is 20.9 Å². The van der Waals surface area contributed by atoms with E-state index in [9.17, 15) is 13.2 Å². The fourth-order valence-corrected chi connectivity index (χ4v) is 5.21. The minimum Gasteiger partial charge on any atom is -0.322 e. The number of benzene rings is 3. The average molecular weight is 471 g/mol. The van der Waals surface area contributed by atoms with Gasteiger partial charge in [0.2, 0.25) is 0 Å². The lowest BCUT2D eigenvalue weighted by Crippen LogP contribution is -2.29. The van der Waals surface area contributed by atoms with Crippen molar-refractivity contribution in [3.8, 4) is 0 Å². The number of amides is 1. The summed E-state index contributed by atoms with van der Waals surface area (Å²) >= 11 is 3.42. The van der Waals surface area contributed by atoms with Crippen LogP contribution in [0.5, 0.6) is 0 Å². The Balaban J connectivity index is 1.53. The lowest BCUT2D eigenvalue weighted by Gasteiger charge is -2.19. The number of para-hydroxylation sites is 1. The van der Waals surface area contributed by atoms with Gasteiger partial charge in [-0.3, -0.25) is 9.10 Å². The number of sulfonamides is 1. The first-order valence-corrected chi connectivity index (χ1v) is 11.4. The minimum atomic E-state index is -3.65. The number of anilines is 2. The molecule has 1 heterocycles. The minimum absolute atomic E-state index is 0.199. The smallest absolute Gasteiger partial charge is 0.264 e. The van der Waals surface area contributed by atoms with Crippen LogP contribution in [0.25, 0.3) is 0 Å². The molecule has 29 heavy (non-hydrogen) atoms. The van der Waals surface area contributed by atoms with Crippen molar-refractivity contribution < 1.29 is 13.2 Å². The second kappa shape index (κ2) is 7.65. The highest BCUT2D eigenvalue weighted by atomic mass is 79.9. The van der Waals surface area contributed by atoms with Crippen molar-refractivity contribution in [2.75, 3.05) is 16.2 Å². The fraction of sp³-hybridized carbons (Fsp3) is 0.136. The predicted octanol–water partition coefficient (Wildman–Crippen LogP) is 4.76. The lowest BCUT2D eigenvalue weighted by molar-refractivity contribution is 0.102. The largest absolute Gasteiger partial charge is 0.322 e. The van der Waals surface area contributed by atoms with Gasteiger partial charge in [-0.25, -0.2) is 8.42 Å². The number of nitrogens with one attached hydrogen (secondary N) is 1. The Labute approximate surface area is 178 Å². The van der Waals surface area contributed by atoms with Crippen molar-refractivity contribution >= 4 is 43.2 Å². The molecule has 1 amide bonds. The topological polar surface area (TPSA) is 66.5 Å². The monoisotopic (exact) mass is 470 g/mol. The summed E-state index contributed by atoms with van der Waals surface area (Å²) in [5.74, 6) is -0.255. The molecule has 0 aromatic heterocycles. The number of nitrogens with zero attached hydrogens (tertiary/aromatic N) is 1. The Morgan fingerprint density at radius 1 is 1.03 bits per heavy atom. The summed E-state index contributed by atoms with van der Waals surface area (Å²) in [6.07, 6.45) is 0.704. The van der Waals surface area contributed by atoms with Crippen LogP contribution in [0.1, 0.15) is 21.5 Å². The van der Waals surface area contributed by atoms with Gasteiger partial charge in [-0.15, -0.1) is 0 Å². The highest BCUT2D eigenvalue weighted by Gasteiger charge is 2.30. The number of aryl methyl sites for hydroxylation is 1. The van der Waals surface area contributed by atoms with Crippen LogP contribution < -0.4 is 9.62 Å². The third-order valence-electron chi connectivity index (χ3n) is 4.98. The van der Waals surface area contributed by atoms with Gasteiger partial charge in [-0.1, -0.05) is 40.2 Å². The summed E-state index contributed by atoms with van der Waals surface area (Å²) in [4.78, 5) is 12.6. The maximum absolute atomic E-state index is 13.1. The van der Waals surface area contributed by atoms with Crippen molar-refractivity contribution in [3.05, 3.63) is 87.9 Å². The molecule has 5 nitrogen and oxygen atoms in total. The van der Waals surface area contributed by atoms with E-state index < -0.39 is 10.0 Å². The number of hydrogen-bond acceptors (Lipinski definition) is 3. The molecule has 0 unspecified atom stereocenters. The first kappa shape index (κ1) is 19.7. The zero-order chi connectivity index (χ0) is 20.6. The van der Waals surface area contributed by atoms with Gasteiger partial charge in [0.1, 0.15) is 0 Å². The second-order valence-corrected chi connectivity index (χ2v) is 9.61. The van der Waals surface area contributed by atoms with Crippen LogP contribution in [-0.2, 0) is 16.4 Å². The molecule has 3 aromatic carbocycles. The molecule has 0 atom stereocenters. The number of carbonyl (C=O) groups excluding carboxylic acids is 1. The number of rotatable bonds is 4. The molecule has 0 saturated carbocycles. The molecule has 0 radical (unpaired) electrons. The van der Waals surface area contributed by atoms with E-state index in [4.69, 9.17) is 0 Å². The molecule has 0 spiro atoms. The maximum atomic E-state index is 13.1. The van der Waals surface area contributed by atoms with Crippen LogP contribution in [0.3, 0.4) is 0 Å². The van der Waals surface area contributed by atoms with E-state index in [2.05, 4.69) is 21.2 Å². The SMILES string of the molecule is Cc1ccc(C(=O)Nc2ccc(S(=O)(=O)N3CCc4ccccc43)cc2)cc1Br. The number of halogens is 1. The highest BCUT2D eigenvalue weighted by molar-refractivity contribution is 9.10.